The van der Waals surface area contributed by atoms with Gasteiger partial charge < -0.3 is 14.4 Å². The van der Waals surface area contributed by atoms with Crippen molar-refractivity contribution in [2.45, 2.75) is 20.3 Å². The van der Waals surface area contributed by atoms with Crippen LogP contribution in [0.4, 0.5) is 5.69 Å². The molecule has 3 rings (SSSR count). The summed E-state index contributed by atoms with van der Waals surface area (Å²) in [5.41, 5.74) is 2.90. The van der Waals surface area contributed by atoms with E-state index in [2.05, 4.69) is 11.9 Å². The normalized spacial score (nSPS) is 17.1. The third-order valence-corrected chi connectivity index (χ3v) is 5.25. The second kappa shape index (κ2) is 8.31. The maximum absolute atomic E-state index is 12.5. The Morgan fingerprint density at radius 1 is 1.26 bits per heavy atom. The molecule has 0 fully saturated rings. The van der Waals surface area contributed by atoms with Crippen molar-refractivity contribution in [1.82, 2.24) is 4.57 Å². The summed E-state index contributed by atoms with van der Waals surface area (Å²) in [6.45, 7) is 4.03. The van der Waals surface area contributed by atoms with Crippen LogP contribution in [-0.4, -0.2) is 27.3 Å². The summed E-state index contributed by atoms with van der Waals surface area (Å²) in [6, 6.07) is 11.6. The number of aryl methyl sites for hydroxylation is 2. The Balaban J connectivity index is 2.08. The lowest BCUT2D eigenvalue weighted by Crippen LogP contribution is -2.13. The van der Waals surface area contributed by atoms with Gasteiger partial charge in [0, 0.05) is 18.9 Å². The van der Waals surface area contributed by atoms with Crippen LogP contribution in [0, 0.1) is 0 Å². The number of thioether (sulfide) groups is 1. The van der Waals surface area contributed by atoms with E-state index in [-0.39, 0.29) is 17.9 Å². The number of aliphatic imine (C=N–C) groups is 1. The van der Waals surface area contributed by atoms with E-state index in [1.807, 2.05) is 60.3 Å². The molecule has 0 atom stereocenters. The second-order valence-electron chi connectivity index (χ2n) is 6.00. The van der Waals surface area contributed by atoms with Gasteiger partial charge in [-0.05, 0) is 43.2 Å². The van der Waals surface area contributed by atoms with Crippen molar-refractivity contribution in [3.05, 3.63) is 70.1 Å². The summed E-state index contributed by atoms with van der Waals surface area (Å²) >= 11 is 1.27. The molecular formula is C21H22N2O3S. The molecule has 2 aromatic rings. The van der Waals surface area contributed by atoms with Crippen molar-refractivity contribution in [3.63, 3.8) is 0 Å². The van der Waals surface area contributed by atoms with Crippen LogP contribution in [0.2, 0.25) is 0 Å². The Hall–Kier alpha value is -2.73. The Bertz CT molecular complexity index is 954. The number of ether oxygens (including phenoxy) is 1. The molecule has 0 spiro atoms. The predicted molar refractivity (Wildman–Crippen MR) is 110 cm³/mol. The number of para-hydroxylation sites is 1. The summed E-state index contributed by atoms with van der Waals surface area (Å²) in [7, 11) is 1.92. The van der Waals surface area contributed by atoms with Gasteiger partial charge in [-0.3, -0.25) is 0 Å². The van der Waals surface area contributed by atoms with Gasteiger partial charge in [0.25, 0.3) is 0 Å². The highest BCUT2D eigenvalue weighted by Gasteiger charge is 2.33. The first-order valence-corrected chi connectivity index (χ1v) is 9.65. The van der Waals surface area contributed by atoms with Gasteiger partial charge in [-0.2, -0.15) is 0 Å². The molecule has 140 valence electrons. The first kappa shape index (κ1) is 19.0. The molecule has 0 saturated carbocycles. The lowest BCUT2D eigenvalue weighted by atomic mass is 10.1. The van der Waals surface area contributed by atoms with E-state index in [1.54, 1.807) is 6.92 Å². The van der Waals surface area contributed by atoms with Crippen molar-refractivity contribution >= 4 is 34.5 Å². The minimum Gasteiger partial charge on any atom is -0.506 e. The number of nitrogens with zero attached hydrogens (tertiary/aromatic N) is 2. The van der Waals surface area contributed by atoms with Crippen molar-refractivity contribution in [2.75, 3.05) is 6.61 Å². The summed E-state index contributed by atoms with van der Waals surface area (Å²) in [5, 5.41) is 11.2. The van der Waals surface area contributed by atoms with Crippen LogP contribution in [0.15, 0.2) is 63.8 Å². The number of aliphatic hydroxyl groups is 1. The fourth-order valence-corrected chi connectivity index (χ4v) is 3.79. The quantitative estimate of drug-likeness (QED) is 0.756. The third-order valence-electron chi connectivity index (χ3n) is 4.23. The van der Waals surface area contributed by atoms with Gasteiger partial charge in [0.1, 0.15) is 16.4 Å². The molecule has 1 aliphatic rings. The van der Waals surface area contributed by atoms with Crippen molar-refractivity contribution in [1.29, 1.82) is 0 Å². The molecule has 0 aliphatic carbocycles. The number of aliphatic hydroxyl groups excluding tert-OH is 1. The van der Waals surface area contributed by atoms with Gasteiger partial charge in [-0.25, -0.2) is 9.79 Å². The Morgan fingerprint density at radius 3 is 2.70 bits per heavy atom. The van der Waals surface area contributed by atoms with Gasteiger partial charge in [0.15, 0.2) is 0 Å². The maximum Gasteiger partial charge on any atom is 0.344 e. The van der Waals surface area contributed by atoms with Gasteiger partial charge in [-0.15, -0.1) is 0 Å². The number of hydrogen-bond donors (Lipinski definition) is 1. The fourth-order valence-electron chi connectivity index (χ4n) is 2.78. The van der Waals surface area contributed by atoms with Crippen LogP contribution in [0.25, 0.3) is 6.08 Å². The molecule has 0 unspecified atom stereocenters. The molecule has 0 radical (unpaired) electrons. The average Bonchev–Trinajstić information content (AvgIpc) is 3.19. The summed E-state index contributed by atoms with van der Waals surface area (Å²) in [4.78, 5) is 17.7. The zero-order chi connectivity index (χ0) is 19.4. The smallest absolute Gasteiger partial charge is 0.344 e. The molecule has 1 aliphatic heterocycles. The van der Waals surface area contributed by atoms with Crippen molar-refractivity contribution in [2.24, 2.45) is 12.0 Å². The topological polar surface area (TPSA) is 63.8 Å². The molecule has 1 aromatic carbocycles. The van der Waals surface area contributed by atoms with Crippen LogP contribution in [-0.2, 0) is 23.0 Å². The van der Waals surface area contributed by atoms with Crippen LogP contribution >= 0.6 is 11.8 Å². The molecule has 2 heterocycles. The standard InChI is InChI=1S/C21H22N2O3S/c1-4-14-9-6-7-11-16(14)22-20-18(21(25)26-5-2)19(24)17(27-20)13-15-10-8-12-23(15)3/h6-13,24H,4-5H2,1-3H3/b17-13+,22-20?. The fraction of sp³-hybridized carbons (Fsp3) is 0.238. The monoisotopic (exact) mass is 382 g/mol. The number of aromatic nitrogens is 1. The number of carbonyl (C=O) groups excluding carboxylic acids is 1. The second-order valence-corrected chi connectivity index (χ2v) is 7.03. The molecule has 6 heteroatoms. The summed E-state index contributed by atoms with van der Waals surface area (Å²) < 4.78 is 7.08. The number of rotatable bonds is 5. The van der Waals surface area contributed by atoms with Gasteiger partial charge >= 0.3 is 5.97 Å². The largest absolute Gasteiger partial charge is 0.506 e. The highest BCUT2D eigenvalue weighted by atomic mass is 32.2. The zero-order valence-electron chi connectivity index (χ0n) is 15.6. The molecule has 0 bridgehead atoms. The average molecular weight is 382 g/mol. The highest BCUT2D eigenvalue weighted by Crippen LogP contribution is 2.40. The van der Waals surface area contributed by atoms with E-state index in [0.717, 1.165) is 23.4 Å². The van der Waals surface area contributed by atoms with Gasteiger partial charge in [-0.1, -0.05) is 36.9 Å². The molecule has 1 aromatic heterocycles. The zero-order valence-corrected chi connectivity index (χ0v) is 16.4. The number of esters is 1. The minimum absolute atomic E-state index is 0.0904. The van der Waals surface area contributed by atoms with Gasteiger partial charge in [0.05, 0.1) is 17.2 Å². The third kappa shape index (κ3) is 4.01. The first-order chi connectivity index (χ1) is 13.0. The van der Waals surface area contributed by atoms with Crippen LogP contribution < -0.4 is 0 Å². The lowest BCUT2D eigenvalue weighted by Gasteiger charge is -2.06. The van der Waals surface area contributed by atoms with Crippen LogP contribution in [0.3, 0.4) is 0 Å². The van der Waals surface area contributed by atoms with Crippen LogP contribution in [0.1, 0.15) is 25.1 Å². The Kier molecular flexibility index (Phi) is 5.86. The number of hydrogen-bond acceptors (Lipinski definition) is 5. The molecule has 5 nitrogen and oxygen atoms in total. The van der Waals surface area contributed by atoms with E-state index < -0.39 is 5.97 Å². The minimum atomic E-state index is -0.564. The summed E-state index contributed by atoms with van der Waals surface area (Å²) in [5.74, 6) is -0.655. The number of benzene rings is 1. The SMILES string of the molecule is CCOC(=O)C1=C(O)/C(=C\c2cccn2C)SC1=Nc1ccccc1CC. The van der Waals surface area contributed by atoms with Crippen molar-refractivity contribution < 1.29 is 14.6 Å². The van der Waals surface area contributed by atoms with E-state index >= 15 is 0 Å². The van der Waals surface area contributed by atoms with Crippen molar-refractivity contribution in [3.8, 4) is 0 Å². The molecule has 0 saturated heterocycles. The van der Waals surface area contributed by atoms with Gasteiger partial charge in [0.2, 0.25) is 0 Å². The molecular weight excluding hydrogens is 360 g/mol. The van der Waals surface area contributed by atoms with E-state index in [4.69, 9.17) is 4.74 Å². The molecule has 1 N–H and O–H groups in total. The van der Waals surface area contributed by atoms with Crippen LogP contribution in [0.5, 0.6) is 0 Å². The lowest BCUT2D eigenvalue weighted by molar-refractivity contribution is -0.138. The van der Waals surface area contributed by atoms with E-state index in [1.165, 1.54) is 11.8 Å². The van der Waals surface area contributed by atoms with E-state index in [9.17, 15) is 9.90 Å². The molecule has 27 heavy (non-hydrogen) atoms. The Labute approximate surface area is 163 Å². The molecule has 0 amide bonds. The van der Waals surface area contributed by atoms with E-state index in [0.29, 0.717) is 9.95 Å². The highest BCUT2D eigenvalue weighted by molar-refractivity contribution is 8.18. The first-order valence-electron chi connectivity index (χ1n) is 8.83. The maximum atomic E-state index is 12.5. The number of carbonyl (C=O) groups is 1. The Morgan fingerprint density at radius 2 is 2.04 bits per heavy atom. The summed E-state index contributed by atoms with van der Waals surface area (Å²) in [6.07, 6.45) is 4.59. The predicted octanol–water partition coefficient (Wildman–Crippen LogP) is 4.78.